The van der Waals surface area contributed by atoms with Crippen LogP contribution in [0.5, 0.6) is 0 Å². The van der Waals surface area contributed by atoms with E-state index in [4.69, 9.17) is 0 Å². The molecule has 0 aliphatic carbocycles. The minimum Gasteiger partial charge on any atom is -0.312 e. The summed E-state index contributed by atoms with van der Waals surface area (Å²) in [5.41, 5.74) is 3.13. The molecule has 4 rings (SSSR count). The number of benzene rings is 2. The van der Waals surface area contributed by atoms with Crippen molar-refractivity contribution < 1.29 is 9.59 Å². The lowest BCUT2D eigenvalue weighted by Gasteiger charge is -2.29. The number of carbonyl (C=O) groups excluding carboxylic acids is 2. The van der Waals surface area contributed by atoms with Gasteiger partial charge in [-0.1, -0.05) is 28.1 Å². The highest BCUT2D eigenvalue weighted by atomic mass is 79.9. The third kappa shape index (κ3) is 3.40. The summed E-state index contributed by atoms with van der Waals surface area (Å²) in [6.45, 7) is 1.40. The number of fused-ring (bicyclic) bond motifs is 2. The Balaban J connectivity index is 1.41. The summed E-state index contributed by atoms with van der Waals surface area (Å²) in [6.07, 6.45) is 1.37. The van der Waals surface area contributed by atoms with E-state index < -0.39 is 0 Å². The summed E-state index contributed by atoms with van der Waals surface area (Å²) < 4.78 is 1.03. The van der Waals surface area contributed by atoms with Crippen molar-refractivity contribution in [2.75, 3.05) is 28.6 Å². The zero-order valence-corrected chi connectivity index (χ0v) is 16.7. The lowest BCUT2D eigenvalue weighted by molar-refractivity contribution is -0.123. The molecule has 0 atom stereocenters. The molecule has 2 aliphatic rings. The van der Waals surface area contributed by atoms with Gasteiger partial charge in [0.15, 0.2) is 0 Å². The Morgan fingerprint density at radius 3 is 2.50 bits per heavy atom. The smallest absolute Gasteiger partial charge is 0.227 e. The predicted molar refractivity (Wildman–Crippen MR) is 109 cm³/mol. The second-order valence-electron chi connectivity index (χ2n) is 6.43. The number of nitrogens with zero attached hydrogens (tertiary/aromatic N) is 2. The topological polar surface area (TPSA) is 40.6 Å². The molecule has 26 heavy (non-hydrogen) atoms. The molecule has 2 aromatic rings. The first kappa shape index (κ1) is 17.6. The summed E-state index contributed by atoms with van der Waals surface area (Å²) >= 11 is 5.25. The Bertz CT molecular complexity index is 871. The maximum absolute atomic E-state index is 12.7. The fourth-order valence-electron chi connectivity index (χ4n) is 3.54. The molecule has 0 bridgehead atoms. The van der Waals surface area contributed by atoms with E-state index in [0.29, 0.717) is 13.1 Å². The molecule has 0 radical (unpaired) electrons. The molecule has 2 aliphatic heterocycles. The van der Waals surface area contributed by atoms with Crippen LogP contribution in [0, 0.1) is 0 Å². The van der Waals surface area contributed by atoms with Gasteiger partial charge in [0.05, 0.1) is 5.69 Å². The second kappa shape index (κ2) is 7.45. The quantitative estimate of drug-likeness (QED) is 0.730. The maximum atomic E-state index is 12.7. The van der Waals surface area contributed by atoms with E-state index in [1.54, 1.807) is 11.8 Å². The number of thioether (sulfide) groups is 1. The number of hydrogen-bond donors (Lipinski definition) is 0. The third-order valence-corrected chi connectivity index (χ3v) is 6.36. The van der Waals surface area contributed by atoms with Gasteiger partial charge in [-0.05, 0) is 42.3 Å². The van der Waals surface area contributed by atoms with Crippen LogP contribution in [0.2, 0.25) is 0 Å². The average molecular weight is 431 g/mol. The Kier molecular flexibility index (Phi) is 5.05. The van der Waals surface area contributed by atoms with Crippen LogP contribution in [0.1, 0.15) is 18.4 Å². The largest absolute Gasteiger partial charge is 0.312 e. The number of para-hydroxylation sites is 1. The highest BCUT2D eigenvalue weighted by Gasteiger charge is 2.27. The summed E-state index contributed by atoms with van der Waals surface area (Å²) in [5, 5.41) is 0. The number of hydrogen-bond acceptors (Lipinski definition) is 3. The van der Waals surface area contributed by atoms with Crippen LogP contribution in [0.3, 0.4) is 0 Å². The average Bonchev–Trinajstić information content (AvgIpc) is 3.08. The van der Waals surface area contributed by atoms with E-state index in [1.807, 2.05) is 46.2 Å². The van der Waals surface area contributed by atoms with Gasteiger partial charge >= 0.3 is 0 Å². The van der Waals surface area contributed by atoms with Gasteiger partial charge in [-0.15, -0.1) is 11.8 Å². The Hall–Kier alpha value is -1.79. The van der Waals surface area contributed by atoms with Crippen molar-refractivity contribution in [1.29, 1.82) is 0 Å². The number of carbonyl (C=O) groups is 2. The lowest BCUT2D eigenvalue weighted by atomic mass is 10.2. The predicted octanol–water partition coefficient (Wildman–Crippen LogP) is 4.26. The number of anilines is 2. The third-order valence-electron chi connectivity index (χ3n) is 4.82. The first-order valence-electron chi connectivity index (χ1n) is 8.74. The van der Waals surface area contributed by atoms with Crippen molar-refractivity contribution in [3.8, 4) is 0 Å². The van der Waals surface area contributed by atoms with Crippen LogP contribution < -0.4 is 9.80 Å². The highest BCUT2D eigenvalue weighted by molar-refractivity contribution is 9.10. The Labute approximate surface area is 165 Å². The number of halogens is 1. The highest BCUT2D eigenvalue weighted by Crippen LogP contribution is 2.35. The molecule has 2 aromatic carbocycles. The van der Waals surface area contributed by atoms with E-state index in [9.17, 15) is 9.59 Å². The number of rotatable bonds is 3. The maximum Gasteiger partial charge on any atom is 0.227 e. The van der Waals surface area contributed by atoms with Crippen LogP contribution in [-0.4, -0.2) is 30.7 Å². The van der Waals surface area contributed by atoms with Gasteiger partial charge in [0.1, 0.15) is 0 Å². The fraction of sp³-hybridized carbons (Fsp3) is 0.300. The van der Waals surface area contributed by atoms with Crippen molar-refractivity contribution in [3.05, 3.63) is 52.5 Å². The second-order valence-corrected chi connectivity index (χ2v) is 8.48. The molecule has 0 spiro atoms. The molecule has 0 unspecified atom stereocenters. The summed E-state index contributed by atoms with van der Waals surface area (Å²) in [7, 11) is 0. The van der Waals surface area contributed by atoms with Crippen molar-refractivity contribution in [1.82, 2.24) is 0 Å². The minimum atomic E-state index is 0.0269. The van der Waals surface area contributed by atoms with E-state index in [-0.39, 0.29) is 24.7 Å². The molecule has 0 aromatic heterocycles. The molecule has 0 fully saturated rings. The molecule has 0 saturated heterocycles. The molecule has 4 nitrogen and oxygen atoms in total. The standard InChI is InChI=1S/C20H19BrN2O2S/c21-15-5-6-16-14(13-15)9-10-22(16)19(24)7-8-20(25)23-11-12-26-18-4-2-1-3-17(18)23/h1-6,13H,7-12H2. The van der Waals surface area contributed by atoms with E-state index in [1.165, 1.54) is 5.56 Å². The monoisotopic (exact) mass is 430 g/mol. The molecular formula is C20H19BrN2O2S. The van der Waals surface area contributed by atoms with Gasteiger partial charge in [-0.25, -0.2) is 0 Å². The molecule has 2 heterocycles. The van der Waals surface area contributed by atoms with Crippen molar-refractivity contribution in [2.24, 2.45) is 0 Å². The molecular weight excluding hydrogens is 412 g/mol. The van der Waals surface area contributed by atoms with Crippen LogP contribution in [0.4, 0.5) is 11.4 Å². The molecule has 6 heteroatoms. The first-order chi connectivity index (χ1) is 12.6. The van der Waals surface area contributed by atoms with Crippen LogP contribution in [0.15, 0.2) is 51.8 Å². The van der Waals surface area contributed by atoms with Crippen LogP contribution in [-0.2, 0) is 16.0 Å². The molecule has 0 saturated carbocycles. The van der Waals surface area contributed by atoms with Crippen LogP contribution in [0.25, 0.3) is 0 Å². The van der Waals surface area contributed by atoms with Gasteiger partial charge in [-0.3, -0.25) is 9.59 Å². The minimum absolute atomic E-state index is 0.0269. The van der Waals surface area contributed by atoms with E-state index in [0.717, 1.165) is 32.9 Å². The van der Waals surface area contributed by atoms with E-state index in [2.05, 4.69) is 22.0 Å². The molecule has 134 valence electrons. The van der Waals surface area contributed by atoms with Crippen molar-refractivity contribution in [3.63, 3.8) is 0 Å². The van der Waals surface area contributed by atoms with Crippen molar-refractivity contribution >= 4 is 50.9 Å². The Morgan fingerprint density at radius 2 is 1.69 bits per heavy atom. The Morgan fingerprint density at radius 1 is 0.962 bits per heavy atom. The van der Waals surface area contributed by atoms with Gasteiger partial charge in [-0.2, -0.15) is 0 Å². The van der Waals surface area contributed by atoms with E-state index >= 15 is 0 Å². The normalized spacial score (nSPS) is 15.6. The molecule has 2 amide bonds. The SMILES string of the molecule is O=C(CCC(=O)N1CCSc2ccccc21)N1CCc2cc(Br)ccc21. The summed E-state index contributed by atoms with van der Waals surface area (Å²) in [4.78, 5) is 30.2. The van der Waals surface area contributed by atoms with Gasteiger partial charge in [0, 0.05) is 46.7 Å². The summed E-state index contributed by atoms with van der Waals surface area (Å²) in [5.74, 6) is 0.950. The lowest BCUT2D eigenvalue weighted by Crippen LogP contribution is -2.36. The van der Waals surface area contributed by atoms with Gasteiger partial charge in [0.2, 0.25) is 11.8 Å². The van der Waals surface area contributed by atoms with Gasteiger partial charge < -0.3 is 9.80 Å². The van der Waals surface area contributed by atoms with Crippen LogP contribution >= 0.6 is 27.7 Å². The van der Waals surface area contributed by atoms with Gasteiger partial charge in [0.25, 0.3) is 0 Å². The zero-order valence-electron chi connectivity index (χ0n) is 14.3. The fourth-order valence-corrected chi connectivity index (χ4v) is 4.94. The zero-order chi connectivity index (χ0) is 18.1. The van der Waals surface area contributed by atoms with Crippen molar-refractivity contribution in [2.45, 2.75) is 24.2 Å². The molecule has 0 N–H and O–H groups in total. The first-order valence-corrected chi connectivity index (χ1v) is 10.5. The number of amides is 2. The summed E-state index contributed by atoms with van der Waals surface area (Å²) in [6, 6.07) is 14.0.